The standard InChI is InChI=1S/C5H8OSi/c6-5-2-1-3-7-4-5/h4,7H,1-3H2. The molecule has 1 aliphatic heterocycles. The van der Waals surface area contributed by atoms with E-state index in [0.29, 0.717) is 14.9 Å². The monoisotopic (exact) mass is 112 g/mol. The van der Waals surface area contributed by atoms with Gasteiger partial charge in [-0.15, -0.1) is 0 Å². The molecule has 2 heteroatoms. The third-order valence-electron chi connectivity index (χ3n) is 1.10. The number of hydrogen-bond donors (Lipinski definition) is 0. The molecule has 0 saturated heterocycles. The summed E-state index contributed by atoms with van der Waals surface area (Å²) >= 11 is 0. The molecule has 0 atom stereocenters. The van der Waals surface area contributed by atoms with Gasteiger partial charge in [0.05, 0.1) is 0 Å². The number of rotatable bonds is 0. The Balaban J connectivity index is 2.51. The summed E-state index contributed by atoms with van der Waals surface area (Å²) in [4.78, 5) is 10.4. The summed E-state index contributed by atoms with van der Waals surface area (Å²) in [5.41, 5.74) is 1.88. The van der Waals surface area contributed by atoms with Crippen LogP contribution in [0.2, 0.25) is 6.04 Å². The maximum Gasteiger partial charge on any atom is 0.150 e. The lowest BCUT2D eigenvalue weighted by Crippen LogP contribution is -2.07. The lowest BCUT2D eigenvalue weighted by molar-refractivity contribution is -0.112. The van der Waals surface area contributed by atoms with Crippen LogP contribution in [0.25, 0.3) is 0 Å². The molecule has 0 aromatic rings. The second kappa shape index (κ2) is 2.16. The Hall–Kier alpha value is -0.243. The maximum absolute atomic E-state index is 10.4. The van der Waals surface area contributed by atoms with Crippen LogP contribution in [-0.4, -0.2) is 20.6 Å². The van der Waals surface area contributed by atoms with E-state index in [2.05, 4.69) is 0 Å². The zero-order chi connectivity index (χ0) is 5.11. The van der Waals surface area contributed by atoms with E-state index >= 15 is 0 Å². The molecule has 7 heavy (non-hydrogen) atoms. The van der Waals surface area contributed by atoms with Gasteiger partial charge in [0.25, 0.3) is 0 Å². The van der Waals surface area contributed by atoms with Gasteiger partial charge in [-0.2, -0.15) is 0 Å². The third-order valence-corrected chi connectivity index (χ3v) is 2.45. The molecule has 0 unspecified atom stereocenters. The summed E-state index contributed by atoms with van der Waals surface area (Å²) in [5, 5.41) is 0. The summed E-state index contributed by atoms with van der Waals surface area (Å²) in [6.07, 6.45) is 1.96. The first kappa shape index (κ1) is 4.90. The molecular weight excluding hydrogens is 104 g/mol. The van der Waals surface area contributed by atoms with E-state index in [1.807, 2.05) is 5.67 Å². The Morgan fingerprint density at radius 1 is 1.71 bits per heavy atom. The summed E-state index contributed by atoms with van der Waals surface area (Å²) in [6, 6.07) is 1.30. The van der Waals surface area contributed by atoms with Gasteiger partial charge in [-0.05, 0) is 27.3 Å². The van der Waals surface area contributed by atoms with Crippen molar-refractivity contribution in [2.75, 3.05) is 0 Å². The van der Waals surface area contributed by atoms with E-state index in [0.717, 1.165) is 12.8 Å². The van der Waals surface area contributed by atoms with Crippen LogP contribution in [0, 0.1) is 0 Å². The molecule has 0 radical (unpaired) electrons. The second-order valence-corrected chi connectivity index (χ2v) is 3.14. The molecule has 0 spiro atoms. The van der Waals surface area contributed by atoms with Gasteiger partial charge in [-0.3, -0.25) is 4.79 Å². The highest BCUT2D eigenvalue weighted by molar-refractivity contribution is 6.64. The topological polar surface area (TPSA) is 17.1 Å². The van der Waals surface area contributed by atoms with Crippen LogP contribution in [0.5, 0.6) is 0 Å². The number of Topliss-reactive ketones (excluding diaryl/α,β-unsaturated/α-hetero) is 1. The lowest BCUT2D eigenvalue weighted by Gasteiger charge is -1.96. The molecule has 0 fully saturated rings. The minimum atomic E-state index is 0.376. The first-order chi connectivity index (χ1) is 3.39. The van der Waals surface area contributed by atoms with Crippen molar-refractivity contribution in [2.24, 2.45) is 0 Å². The molecular formula is C5H8OSi. The molecule has 0 aromatic carbocycles. The van der Waals surface area contributed by atoms with Gasteiger partial charge in [0, 0.05) is 6.42 Å². The van der Waals surface area contributed by atoms with Crippen LogP contribution in [-0.2, 0) is 4.79 Å². The van der Waals surface area contributed by atoms with Gasteiger partial charge in [0.1, 0.15) is 0 Å². The lowest BCUT2D eigenvalue weighted by atomic mass is 10.2. The summed E-state index contributed by atoms with van der Waals surface area (Å²) in [6.45, 7) is 0. The number of hydrogen-bond acceptors (Lipinski definition) is 1. The van der Waals surface area contributed by atoms with Gasteiger partial charge in [-0.1, -0.05) is 0 Å². The normalized spacial score (nSPS) is 20.3. The maximum atomic E-state index is 10.4. The first-order valence-electron chi connectivity index (χ1n) is 2.59. The Bertz CT molecular complexity index is 107. The predicted octanol–water partition coefficient (Wildman–Crippen LogP) is 0.00630. The van der Waals surface area contributed by atoms with E-state index in [1.165, 1.54) is 6.04 Å². The summed E-state index contributed by atoms with van der Waals surface area (Å²) in [5.74, 6) is 0.376. The van der Waals surface area contributed by atoms with Crippen LogP contribution in [0.1, 0.15) is 12.8 Å². The van der Waals surface area contributed by atoms with E-state index in [9.17, 15) is 4.79 Å². The minimum absolute atomic E-state index is 0.376. The van der Waals surface area contributed by atoms with E-state index in [4.69, 9.17) is 0 Å². The van der Waals surface area contributed by atoms with E-state index in [-0.39, 0.29) is 0 Å². The second-order valence-electron chi connectivity index (χ2n) is 1.76. The molecule has 1 rings (SSSR count). The quantitative estimate of drug-likeness (QED) is 0.403. The van der Waals surface area contributed by atoms with Crippen molar-refractivity contribution >= 4 is 20.6 Å². The van der Waals surface area contributed by atoms with Crippen molar-refractivity contribution in [3.8, 4) is 0 Å². The third kappa shape index (κ3) is 1.35. The van der Waals surface area contributed by atoms with Crippen LogP contribution in [0.4, 0.5) is 0 Å². The van der Waals surface area contributed by atoms with Gasteiger partial charge in [0.2, 0.25) is 0 Å². The van der Waals surface area contributed by atoms with Crippen LogP contribution in [0.3, 0.4) is 0 Å². The average molecular weight is 112 g/mol. The SMILES string of the molecule is O=C1C=[SiH]CCC1. The fourth-order valence-electron chi connectivity index (χ4n) is 0.692. The van der Waals surface area contributed by atoms with Crippen molar-refractivity contribution < 1.29 is 4.79 Å². The molecule has 38 valence electrons. The molecule has 1 aliphatic rings. The Kier molecular flexibility index (Phi) is 1.52. The zero-order valence-electron chi connectivity index (χ0n) is 4.18. The first-order valence-corrected chi connectivity index (χ1v) is 4.07. The van der Waals surface area contributed by atoms with Gasteiger partial charge < -0.3 is 0 Å². The number of carbonyl (C=O) groups is 1. The van der Waals surface area contributed by atoms with Crippen molar-refractivity contribution in [3.63, 3.8) is 0 Å². The highest BCUT2D eigenvalue weighted by atomic mass is 28.2. The highest BCUT2D eigenvalue weighted by Crippen LogP contribution is 1.96. The predicted molar refractivity (Wildman–Crippen MR) is 32.3 cm³/mol. The number of carbonyl (C=O) groups excluding carboxylic acids is 1. The zero-order valence-corrected chi connectivity index (χ0v) is 5.34. The molecule has 1 nitrogen and oxygen atoms in total. The number of ketones is 1. The van der Waals surface area contributed by atoms with Crippen molar-refractivity contribution in [2.45, 2.75) is 18.9 Å². The molecule has 0 N–H and O–H groups in total. The van der Waals surface area contributed by atoms with E-state index < -0.39 is 0 Å². The Labute approximate surface area is 45.2 Å². The van der Waals surface area contributed by atoms with Crippen LogP contribution >= 0.6 is 0 Å². The Morgan fingerprint density at radius 2 is 2.57 bits per heavy atom. The summed E-state index contributed by atoms with van der Waals surface area (Å²) in [7, 11) is 0.397. The fourth-order valence-corrected chi connectivity index (χ4v) is 1.73. The largest absolute Gasteiger partial charge is 0.295 e. The molecule has 0 bridgehead atoms. The highest BCUT2D eigenvalue weighted by Gasteiger charge is 1.98. The minimum Gasteiger partial charge on any atom is -0.295 e. The molecule has 0 aliphatic carbocycles. The summed E-state index contributed by atoms with van der Waals surface area (Å²) < 4.78 is 0. The average Bonchev–Trinajstić information content (AvgIpc) is 1.69. The van der Waals surface area contributed by atoms with Crippen molar-refractivity contribution in [3.05, 3.63) is 0 Å². The van der Waals surface area contributed by atoms with E-state index in [1.54, 1.807) is 0 Å². The van der Waals surface area contributed by atoms with Crippen molar-refractivity contribution in [1.82, 2.24) is 0 Å². The molecule has 0 amide bonds. The fraction of sp³-hybridized carbons (Fsp3) is 0.600. The van der Waals surface area contributed by atoms with Gasteiger partial charge >= 0.3 is 0 Å². The van der Waals surface area contributed by atoms with Crippen molar-refractivity contribution in [1.29, 1.82) is 0 Å². The van der Waals surface area contributed by atoms with Crippen LogP contribution in [0.15, 0.2) is 0 Å². The Morgan fingerprint density at radius 3 is 2.86 bits per heavy atom. The molecule has 1 heterocycles. The van der Waals surface area contributed by atoms with Gasteiger partial charge in [0.15, 0.2) is 5.78 Å². The van der Waals surface area contributed by atoms with Crippen LogP contribution < -0.4 is 0 Å². The smallest absolute Gasteiger partial charge is 0.150 e. The molecule has 0 saturated carbocycles. The molecule has 0 aromatic heterocycles. The van der Waals surface area contributed by atoms with Gasteiger partial charge in [-0.25, -0.2) is 0 Å².